The highest BCUT2D eigenvalue weighted by atomic mass is 19.3. The average Bonchev–Trinajstić information content (AvgIpc) is 2.34. The van der Waals surface area contributed by atoms with Gasteiger partial charge in [-0.05, 0) is 11.6 Å². The minimum atomic E-state index is -2.69. The second kappa shape index (κ2) is 3.31. The normalized spacial score (nSPS) is 10.7. The van der Waals surface area contributed by atoms with Crippen molar-refractivity contribution in [1.29, 1.82) is 0 Å². The number of aromatic nitrogens is 1. The summed E-state index contributed by atoms with van der Waals surface area (Å²) in [4.78, 5) is 2.73. The van der Waals surface area contributed by atoms with E-state index in [9.17, 15) is 8.78 Å². The van der Waals surface area contributed by atoms with Crippen LogP contribution in [0, 0.1) is 0 Å². The van der Waals surface area contributed by atoms with Gasteiger partial charge in [-0.25, -0.2) is 0 Å². The van der Waals surface area contributed by atoms with Gasteiger partial charge in [-0.3, -0.25) is 0 Å². The standard InChI is InChI=1S/C6H7F2NO/c7-6(8)10-4-5-1-2-9-3-5/h1-3,6,9H,4H2. The van der Waals surface area contributed by atoms with Crippen LogP contribution in [0.25, 0.3) is 0 Å². The average molecular weight is 147 g/mol. The number of alkyl halides is 2. The number of rotatable bonds is 3. The van der Waals surface area contributed by atoms with Crippen molar-refractivity contribution >= 4 is 0 Å². The number of hydrogen-bond donors (Lipinski definition) is 1. The summed E-state index contributed by atoms with van der Waals surface area (Å²) in [5.74, 6) is 0. The Morgan fingerprint density at radius 3 is 2.90 bits per heavy atom. The topological polar surface area (TPSA) is 25.0 Å². The molecule has 1 aromatic rings. The van der Waals surface area contributed by atoms with Crippen LogP contribution in [0.2, 0.25) is 0 Å². The van der Waals surface area contributed by atoms with Crippen LogP contribution >= 0.6 is 0 Å². The zero-order chi connectivity index (χ0) is 7.40. The number of H-pyrrole nitrogens is 1. The molecule has 0 amide bonds. The Balaban J connectivity index is 2.28. The zero-order valence-corrected chi connectivity index (χ0v) is 5.18. The quantitative estimate of drug-likeness (QED) is 0.692. The molecule has 0 fully saturated rings. The van der Waals surface area contributed by atoms with Crippen molar-refractivity contribution in [1.82, 2.24) is 4.98 Å². The van der Waals surface area contributed by atoms with Crippen molar-refractivity contribution < 1.29 is 13.5 Å². The molecule has 0 atom stereocenters. The molecular formula is C6H7F2NO. The van der Waals surface area contributed by atoms with E-state index in [4.69, 9.17) is 0 Å². The van der Waals surface area contributed by atoms with Gasteiger partial charge in [-0.15, -0.1) is 0 Å². The van der Waals surface area contributed by atoms with Crippen LogP contribution in [0.4, 0.5) is 8.78 Å². The second-order valence-electron chi connectivity index (χ2n) is 1.79. The maximum Gasteiger partial charge on any atom is 0.345 e. The highest BCUT2D eigenvalue weighted by Gasteiger charge is 2.01. The summed E-state index contributed by atoms with van der Waals surface area (Å²) >= 11 is 0. The summed E-state index contributed by atoms with van der Waals surface area (Å²) in [7, 11) is 0. The van der Waals surface area contributed by atoms with E-state index in [1.165, 1.54) is 0 Å². The molecule has 0 radical (unpaired) electrons. The third-order valence-electron chi connectivity index (χ3n) is 1.04. The van der Waals surface area contributed by atoms with Crippen LogP contribution in [0.5, 0.6) is 0 Å². The number of nitrogens with one attached hydrogen (secondary N) is 1. The molecule has 1 heterocycles. The van der Waals surface area contributed by atoms with Crippen molar-refractivity contribution in [2.75, 3.05) is 0 Å². The van der Waals surface area contributed by atoms with Crippen LogP contribution < -0.4 is 0 Å². The molecule has 0 spiro atoms. The van der Waals surface area contributed by atoms with Gasteiger partial charge in [0.25, 0.3) is 0 Å². The molecule has 0 bridgehead atoms. The van der Waals surface area contributed by atoms with Crippen molar-refractivity contribution in [2.45, 2.75) is 13.2 Å². The first-order chi connectivity index (χ1) is 4.79. The van der Waals surface area contributed by atoms with Gasteiger partial charge >= 0.3 is 6.61 Å². The Morgan fingerprint density at radius 1 is 1.60 bits per heavy atom. The van der Waals surface area contributed by atoms with Gasteiger partial charge in [0.1, 0.15) is 0 Å². The first-order valence-electron chi connectivity index (χ1n) is 2.80. The molecule has 0 aliphatic rings. The van der Waals surface area contributed by atoms with E-state index in [-0.39, 0.29) is 6.61 Å². The minimum Gasteiger partial charge on any atom is -0.367 e. The highest BCUT2D eigenvalue weighted by molar-refractivity contribution is 5.06. The maximum absolute atomic E-state index is 11.4. The monoisotopic (exact) mass is 147 g/mol. The Hall–Kier alpha value is -0.900. The third-order valence-corrected chi connectivity index (χ3v) is 1.04. The minimum absolute atomic E-state index is 0.0405. The first kappa shape index (κ1) is 7.21. The molecule has 56 valence electrons. The van der Waals surface area contributed by atoms with Gasteiger partial charge in [0.15, 0.2) is 0 Å². The van der Waals surface area contributed by atoms with Gasteiger partial charge in [-0.2, -0.15) is 8.78 Å². The molecular weight excluding hydrogens is 140 g/mol. The number of halogens is 2. The van der Waals surface area contributed by atoms with E-state index in [2.05, 4.69) is 9.72 Å². The lowest BCUT2D eigenvalue weighted by molar-refractivity contribution is -0.137. The summed E-state index contributed by atoms with van der Waals surface area (Å²) in [6.07, 6.45) is 3.27. The van der Waals surface area contributed by atoms with Crippen LogP contribution in [0.1, 0.15) is 5.56 Å². The van der Waals surface area contributed by atoms with Crippen molar-refractivity contribution in [3.05, 3.63) is 24.0 Å². The highest BCUT2D eigenvalue weighted by Crippen LogP contribution is 2.03. The van der Waals surface area contributed by atoms with E-state index < -0.39 is 6.61 Å². The summed E-state index contributed by atoms with van der Waals surface area (Å²) < 4.78 is 26.8. The molecule has 1 N–H and O–H groups in total. The lowest BCUT2D eigenvalue weighted by Gasteiger charge is -1.97. The summed E-state index contributed by atoms with van der Waals surface area (Å²) in [5, 5.41) is 0. The predicted molar refractivity (Wildman–Crippen MR) is 31.6 cm³/mol. The Bertz CT molecular complexity index is 174. The molecule has 0 aliphatic heterocycles. The van der Waals surface area contributed by atoms with Crippen LogP contribution in [0.15, 0.2) is 18.5 Å². The Kier molecular flexibility index (Phi) is 2.39. The fourth-order valence-corrected chi connectivity index (χ4v) is 0.607. The molecule has 0 saturated heterocycles. The fraction of sp³-hybridized carbons (Fsp3) is 0.333. The van der Waals surface area contributed by atoms with E-state index >= 15 is 0 Å². The van der Waals surface area contributed by atoms with E-state index in [1.54, 1.807) is 18.5 Å². The molecule has 1 rings (SSSR count). The molecule has 0 aromatic carbocycles. The summed E-state index contributed by atoms with van der Waals surface area (Å²) in [5.41, 5.74) is 0.723. The molecule has 4 heteroatoms. The molecule has 1 aromatic heterocycles. The van der Waals surface area contributed by atoms with Crippen molar-refractivity contribution in [2.24, 2.45) is 0 Å². The van der Waals surface area contributed by atoms with Gasteiger partial charge in [0.05, 0.1) is 6.61 Å². The molecule has 2 nitrogen and oxygen atoms in total. The van der Waals surface area contributed by atoms with Gasteiger partial charge in [0, 0.05) is 12.4 Å². The smallest absolute Gasteiger partial charge is 0.345 e. The third kappa shape index (κ3) is 2.14. The second-order valence-corrected chi connectivity index (χ2v) is 1.79. The van der Waals surface area contributed by atoms with E-state index in [0.717, 1.165) is 5.56 Å². The van der Waals surface area contributed by atoms with Gasteiger partial charge < -0.3 is 9.72 Å². The molecule has 0 aliphatic carbocycles. The Morgan fingerprint density at radius 2 is 2.40 bits per heavy atom. The van der Waals surface area contributed by atoms with Gasteiger partial charge in [-0.1, -0.05) is 0 Å². The predicted octanol–water partition coefficient (Wildman–Crippen LogP) is 1.75. The molecule has 0 saturated carbocycles. The largest absolute Gasteiger partial charge is 0.367 e. The van der Waals surface area contributed by atoms with Crippen LogP contribution in [0.3, 0.4) is 0 Å². The SMILES string of the molecule is FC(F)OCc1cc[nH]c1. The number of aromatic amines is 1. The summed E-state index contributed by atoms with van der Waals surface area (Å²) in [6.45, 7) is -2.73. The lowest BCUT2D eigenvalue weighted by atomic mass is 10.4. The zero-order valence-electron chi connectivity index (χ0n) is 5.18. The molecule has 10 heavy (non-hydrogen) atoms. The first-order valence-corrected chi connectivity index (χ1v) is 2.80. The maximum atomic E-state index is 11.4. The van der Waals surface area contributed by atoms with Gasteiger partial charge in [0.2, 0.25) is 0 Å². The van der Waals surface area contributed by atoms with Crippen molar-refractivity contribution in [3.8, 4) is 0 Å². The lowest BCUT2D eigenvalue weighted by Crippen LogP contribution is -1.97. The fourth-order valence-electron chi connectivity index (χ4n) is 0.607. The van der Waals surface area contributed by atoms with Crippen LogP contribution in [-0.4, -0.2) is 11.6 Å². The molecule has 0 unspecified atom stereocenters. The summed E-state index contributed by atoms with van der Waals surface area (Å²) in [6, 6.07) is 1.68. The van der Waals surface area contributed by atoms with E-state index in [0.29, 0.717) is 0 Å². The number of ether oxygens (including phenoxy) is 1. The van der Waals surface area contributed by atoms with Crippen molar-refractivity contribution in [3.63, 3.8) is 0 Å². The Labute approximate surface area is 56.8 Å². The number of hydrogen-bond acceptors (Lipinski definition) is 1. The van der Waals surface area contributed by atoms with E-state index in [1.807, 2.05) is 0 Å². The van der Waals surface area contributed by atoms with Crippen LogP contribution in [-0.2, 0) is 11.3 Å².